The molecule has 1 saturated heterocycles. The summed E-state index contributed by atoms with van der Waals surface area (Å²) in [5, 5.41) is 7.38. The molecule has 0 bridgehead atoms. The second-order valence-electron chi connectivity index (χ2n) is 4.65. The van der Waals surface area contributed by atoms with Gasteiger partial charge in [-0.3, -0.25) is 5.41 Å². The molecule has 0 saturated carbocycles. The van der Waals surface area contributed by atoms with Gasteiger partial charge in [-0.15, -0.1) is 0 Å². The van der Waals surface area contributed by atoms with E-state index in [9.17, 15) is 0 Å². The van der Waals surface area contributed by atoms with Crippen LogP contribution in [0.5, 0.6) is 0 Å². The summed E-state index contributed by atoms with van der Waals surface area (Å²) in [6.45, 7) is 6.60. The van der Waals surface area contributed by atoms with Gasteiger partial charge in [0.05, 0.1) is 0 Å². The van der Waals surface area contributed by atoms with Crippen LogP contribution >= 0.6 is 0 Å². The van der Waals surface area contributed by atoms with Crippen LogP contribution in [0.15, 0.2) is 18.2 Å². The molecule has 2 unspecified atom stereocenters. The number of nitrogen functional groups attached to an aromatic ring is 1. The van der Waals surface area contributed by atoms with Gasteiger partial charge in [0.25, 0.3) is 0 Å². The number of nitrogens with zero attached hydrogens (tertiary/aromatic N) is 2. The van der Waals surface area contributed by atoms with Crippen LogP contribution in [0.2, 0.25) is 0 Å². The van der Waals surface area contributed by atoms with Crippen LogP contribution in [0.3, 0.4) is 0 Å². The number of amidine groups is 1. The molecule has 1 aromatic rings. The Morgan fingerprint density at radius 3 is 2.56 bits per heavy atom. The summed E-state index contributed by atoms with van der Waals surface area (Å²) in [6, 6.07) is 5.67. The first-order valence-corrected chi connectivity index (χ1v) is 5.64. The molecule has 0 aromatic carbocycles. The van der Waals surface area contributed by atoms with Gasteiger partial charge in [-0.05, 0) is 24.0 Å². The minimum absolute atomic E-state index is 0.0298. The number of nitrogens with two attached hydrogens (primary N) is 1. The average Bonchev–Trinajstić information content (AvgIpc) is 2.59. The fourth-order valence-electron chi connectivity index (χ4n) is 2.07. The van der Waals surface area contributed by atoms with Crippen molar-refractivity contribution in [1.82, 2.24) is 4.98 Å². The molecular formula is C12H18N4. The highest BCUT2D eigenvalue weighted by Gasteiger charge is 2.26. The van der Waals surface area contributed by atoms with Crippen molar-refractivity contribution in [2.75, 3.05) is 18.0 Å². The van der Waals surface area contributed by atoms with E-state index in [4.69, 9.17) is 11.1 Å². The van der Waals surface area contributed by atoms with E-state index in [0.717, 1.165) is 18.9 Å². The maximum Gasteiger partial charge on any atom is 0.141 e. The summed E-state index contributed by atoms with van der Waals surface area (Å²) in [4.78, 5) is 6.67. The lowest BCUT2D eigenvalue weighted by atomic mass is 10.0. The normalized spacial score (nSPS) is 24.8. The Bertz CT molecular complexity index is 392. The zero-order valence-electron chi connectivity index (χ0n) is 9.77. The van der Waals surface area contributed by atoms with Gasteiger partial charge in [0.1, 0.15) is 17.3 Å². The molecule has 0 amide bonds. The van der Waals surface area contributed by atoms with Gasteiger partial charge < -0.3 is 10.6 Å². The van der Waals surface area contributed by atoms with Crippen molar-refractivity contribution in [3.63, 3.8) is 0 Å². The van der Waals surface area contributed by atoms with Crippen LogP contribution in [-0.2, 0) is 0 Å². The average molecular weight is 218 g/mol. The predicted molar refractivity (Wildman–Crippen MR) is 65.8 cm³/mol. The Labute approximate surface area is 96.0 Å². The van der Waals surface area contributed by atoms with Gasteiger partial charge in [-0.25, -0.2) is 4.98 Å². The third-order valence-electron chi connectivity index (χ3n) is 3.32. The van der Waals surface area contributed by atoms with Crippen molar-refractivity contribution in [3.05, 3.63) is 23.9 Å². The molecule has 4 nitrogen and oxygen atoms in total. The Morgan fingerprint density at radius 1 is 1.38 bits per heavy atom. The summed E-state index contributed by atoms with van der Waals surface area (Å²) in [5.41, 5.74) is 6.00. The molecule has 1 fully saturated rings. The SMILES string of the molecule is CC1CN(c2cccc(C(=N)N)n2)CC1C. The molecule has 0 aliphatic carbocycles. The first kappa shape index (κ1) is 10.9. The van der Waals surface area contributed by atoms with E-state index in [1.165, 1.54) is 0 Å². The van der Waals surface area contributed by atoms with Crippen LogP contribution < -0.4 is 10.6 Å². The molecule has 2 atom stereocenters. The smallest absolute Gasteiger partial charge is 0.141 e. The van der Waals surface area contributed by atoms with Crippen LogP contribution in [0.4, 0.5) is 5.82 Å². The topological polar surface area (TPSA) is 66.0 Å². The molecule has 0 radical (unpaired) electrons. The first-order chi connectivity index (χ1) is 7.58. The van der Waals surface area contributed by atoms with Crippen molar-refractivity contribution in [2.24, 2.45) is 17.6 Å². The third-order valence-corrected chi connectivity index (χ3v) is 3.32. The zero-order chi connectivity index (χ0) is 11.7. The lowest BCUT2D eigenvalue weighted by Gasteiger charge is -2.17. The highest BCUT2D eigenvalue weighted by Crippen LogP contribution is 2.26. The fourth-order valence-corrected chi connectivity index (χ4v) is 2.07. The van der Waals surface area contributed by atoms with Crippen LogP contribution in [0.1, 0.15) is 19.5 Å². The molecule has 86 valence electrons. The molecule has 2 rings (SSSR count). The van der Waals surface area contributed by atoms with Crippen molar-refractivity contribution in [2.45, 2.75) is 13.8 Å². The van der Waals surface area contributed by atoms with Crippen LogP contribution in [-0.4, -0.2) is 23.9 Å². The lowest BCUT2D eigenvalue weighted by Crippen LogP contribution is -2.22. The second-order valence-corrected chi connectivity index (χ2v) is 4.65. The molecule has 1 aliphatic heterocycles. The Hall–Kier alpha value is -1.58. The quantitative estimate of drug-likeness (QED) is 0.583. The standard InChI is InChI=1S/C12H18N4/c1-8-6-16(7-9(8)2)11-5-3-4-10(15-11)12(13)14/h3-5,8-9H,6-7H2,1-2H3,(H3,13,14). The van der Waals surface area contributed by atoms with E-state index in [0.29, 0.717) is 17.5 Å². The Balaban J connectivity index is 2.21. The molecule has 0 spiro atoms. The van der Waals surface area contributed by atoms with E-state index in [2.05, 4.69) is 23.7 Å². The summed E-state index contributed by atoms with van der Waals surface area (Å²) in [7, 11) is 0. The van der Waals surface area contributed by atoms with E-state index < -0.39 is 0 Å². The summed E-state index contributed by atoms with van der Waals surface area (Å²) in [6.07, 6.45) is 0. The third kappa shape index (κ3) is 2.01. The molecule has 3 N–H and O–H groups in total. The first-order valence-electron chi connectivity index (χ1n) is 5.64. The van der Waals surface area contributed by atoms with Gasteiger partial charge in [-0.1, -0.05) is 19.9 Å². The predicted octanol–water partition coefficient (Wildman–Crippen LogP) is 1.46. The minimum Gasteiger partial charge on any atom is -0.382 e. The molecule has 1 aliphatic rings. The maximum absolute atomic E-state index is 7.38. The highest BCUT2D eigenvalue weighted by molar-refractivity contribution is 5.93. The number of hydrogen-bond donors (Lipinski definition) is 2. The summed E-state index contributed by atoms with van der Waals surface area (Å²) >= 11 is 0. The Morgan fingerprint density at radius 2 is 2.00 bits per heavy atom. The monoisotopic (exact) mass is 218 g/mol. The number of rotatable bonds is 2. The molecule has 4 heteroatoms. The van der Waals surface area contributed by atoms with E-state index in [1.54, 1.807) is 6.07 Å². The molecule has 16 heavy (non-hydrogen) atoms. The van der Waals surface area contributed by atoms with Crippen molar-refractivity contribution >= 4 is 11.7 Å². The fraction of sp³-hybridized carbons (Fsp3) is 0.500. The molecular weight excluding hydrogens is 200 g/mol. The van der Waals surface area contributed by atoms with Crippen molar-refractivity contribution in [1.29, 1.82) is 5.41 Å². The minimum atomic E-state index is 0.0298. The van der Waals surface area contributed by atoms with Gasteiger partial charge in [-0.2, -0.15) is 0 Å². The van der Waals surface area contributed by atoms with E-state index >= 15 is 0 Å². The summed E-state index contributed by atoms with van der Waals surface area (Å²) in [5.74, 6) is 2.36. The molecule has 2 heterocycles. The number of aromatic nitrogens is 1. The summed E-state index contributed by atoms with van der Waals surface area (Å²) < 4.78 is 0. The van der Waals surface area contributed by atoms with Gasteiger partial charge in [0, 0.05) is 13.1 Å². The van der Waals surface area contributed by atoms with Gasteiger partial charge >= 0.3 is 0 Å². The Kier molecular flexibility index (Phi) is 2.81. The number of nitrogens with one attached hydrogen (secondary N) is 1. The van der Waals surface area contributed by atoms with Crippen LogP contribution in [0, 0.1) is 17.2 Å². The highest BCUT2D eigenvalue weighted by atomic mass is 15.2. The number of anilines is 1. The van der Waals surface area contributed by atoms with Gasteiger partial charge in [0.15, 0.2) is 0 Å². The molecule has 1 aromatic heterocycles. The van der Waals surface area contributed by atoms with E-state index in [-0.39, 0.29) is 5.84 Å². The van der Waals surface area contributed by atoms with E-state index in [1.807, 2.05) is 12.1 Å². The largest absolute Gasteiger partial charge is 0.382 e. The number of hydrogen-bond acceptors (Lipinski definition) is 3. The zero-order valence-corrected chi connectivity index (χ0v) is 9.77. The second kappa shape index (κ2) is 4.12. The lowest BCUT2D eigenvalue weighted by molar-refractivity contribution is 0.494. The van der Waals surface area contributed by atoms with Crippen molar-refractivity contribution in [3.8, 4) is 0 Å². The van der Waals surface area contributed by atoms with Crippen LogP contribution in [0.25, 0.3) is 0 Å². The van der Waals surface area contributed by atoms with Crippen molar-refractivity contribution < 1.29 is 0 Å². The maximum atomic E-state index is 7.38. The van der Waals surface area contributed by atoms with Gasteiger partial charge in [0.2, 0.25) is 0 Å². The number of pyridine rings is 1.